The molecule has 0 saturated heterocycles. The average molecular weight is 315 g/mol. The van der Waals surface area contributed by atoms with Crippen molar-refractivity contribution in [3.8, 4) is 0 Å². The number of hydrogen-bond donors (Lipinski definition) is 1. The molecule has 0 spiro atoms. The highest BCUT2D eigenvalue weighted by Gasteiger charge is 2.15. The Hall–Kier alpha value is -3.07. The molecule has 118 valence electrons. The molecule has 4 aromatic rings. The van der Waals surface area contributed by atoms with E-state index < -0.39 is 5.97 Å². The van der Waals surface area contributed by atoms with E-state index in [2.05, 4.69) is 28.8 Å². The van der Waals surface area contributed by atoms with Crippen molar-refractivity contribution in [1.82, 2.24) is 4.57 Å². The van der Waals surface area contributed by atoms with Crippen molar-refractivity contribution in [2.45, 2.75) is 13.5 Å². The zero-order chi connectivity index (χ0) is 16.7. The summed E-state index contributed by atoms with van der Waals surface area (Å²) in [6.45, 7) is 2.74. The molecule has 0 aliphatic rings. The Balaban J connectivity index is 2.05. The fourth-order valence-electron chi connectivity index (χ4n) is 3.45. The molecular formula is C21H17NO2. The third-order valence-corrected chi connectivity index (χ3v) is 4.49. The molecule has 0 bridgehead atoms. The van der Waals surface area contributed by atoms with Crippen LogP contribution in [-0.2, 0) is 6.54 Å². The summed E-state index contributed by atoms with van der Waals surface area (Å²) >= 11 is 0. The number of carboxylic acid groups (broad SMARTS) is 1. The van der Waals surface area contributed by atoms with E-state index in [1.807, 2.05) is 37.3 Å². The number of aromatic nitrogens is 1. The first kappa shape index (κ1) is 14.5. The SMILES string of the molecule is Cc1cc(C(=O)O)cc2c3ccccc3n(Cc3ccccc3)c12. The van der Waals surface area contributed by atoms with E-state index in [0.717, 1.165) is 33.9 Å². The van der Waals surface area contributed by atoms with Gasteiger partial charge in [0.1, 0.15) is 0 Å². The number of aryl methyl sites for hydroxylation is 1. The second-order valence-electron chi connectivity index (χ2n) is 6.08. The van der Waals surface area contributed by atoms with Gasteiger partial charge < -0.3 is 9.67 Å². The number of hydrogen-bond acceptors (Lipinski definition) is 1. The van der Waals surface area contributed by atoms with Crippen LogP contribution in [0.15, 0.2) is 66.7 Å². The quantitative estimate of drug-likeness (QED) is 0.587. The van der Waals surface area contributed by atoms with Crippen molar-refractivity contribution >= 4 is 27.8 Å². The van der Waals surface area contributed by atoms with E-state index in [4.69, 9.17) is 0 Å². The Morgan fingerprint density at radius 1 is 0.958 bits per heavy atom. The zero-order valence-electron chi connectivity index (χ0n) is 13.4. The van der Waals surface area contributed by atoms with E-state index in [1.54, 1.807) is 12.1 Å². The summed E-state index contributed by atoms with van der Waals surface area (Å²) in [6.07, 6.45) is 0. The molecule has 24 heavy (non-hydrogen) atoms. The molecule has 4 rings (SSSR count). The van der Waals surface area contributed by atoms with Crippen LogP contribution >= 0.6 is 0 Å². The molecule has 0 aliphatic heterocycles. The Bertz CT molecular complexity index is 1060. The second kappa shape index (κ2) is 5.53. The van der Waals surface area contributed by atoms with Crippen molar-refractivity contribution < 1.29 is 9.90 Å². The highest BCUT2D eigenvalue weighted by molar-refractivity contribution is 6.11. The first-order valence-electron chi connectivity index (χ1n) is 7.94. The zero-order valence-corrected chi connectivity index (χ0v) is 13.4. The van der Waals surface area contributed by atoms with Gasteiger partial charge in [0, 0.05) is 22.8 Å². The van der Waals surface area contributed by atoms with E-state index in [-0.39, 0.29) is 0 Å². The topological polar surface area (TPSA) is 42.2 Å². The van der Waals surface area contributed by atoms with Crippen LogP contribution in [0.25, 0.3) is 21.8 Å². The van der Waals surface area contributed by atoms with Crippen molar-refractivity contribution in [2.24, 2.45) is 0 Å². The minimum atomic E-state index is -0.889. The monoisotopic (exact) mass is 315 g/mol. The maximum atomic E-state index is 11.4. The second-order valence-corrected chi connectivity index (χ2v) is 6.08. The van der Waals surface area contributed by atoms with E-state index in [9.17, 15) is 9.90 Å². The molecule has 0 fully saturated rings. The van der Waals surface area contributed by atoms with Gasteiger partial charge in [-0.3, -0.25) is 0 Å². The highest BCUT2D eigenvalue weighted by Crippen LogP contribution is 2.32. The third kappa shape index (κ3) is 2.26. The Morgan fingerprint density at radius 3 is 2.42 bits per heavy atom. The first-order valence-corrected chi connectivity index (χ1v) is 7.94. The molecule has 1 aromatic heterocycles. The predicted octanol–water partition coefficient (Wildman–Crippen LogP) is 4.85. The Kier molecular flexibility index (Phi) is 3.35. The maximum Gasteiger partial charge on any atom is 0.335 e. The lowest BCUT2D eigenvalue weighted by molar-refractivity contribution is 0.0697. The van der Waals surface area contributed by atoms with E-state index in [0.29, 0.717) is 5.56 Å². The lowest BCUT2D eigenvalue weighted by Crippen LogP contribution is -2.02. The van der Waals surface area contributed by atoms with Crippen LogP contribution in [-0.4, -0.2) is 15.6 Å². The molecule has 1 heterocycles. The summed E-state index contributed by atoms with van der Waals surface area (Å²) in [5.74, 6) is -0.889. The smallest absolute Gasteiger partial charge is 0.335 e. The Morgan fingerprint density at radius 2 is 1.67 bits per heavy atom. The number of carboxylic acids is 1. The van der Waals surface area contributed by atoms with Gasteiger partial charge in [-0.2, -0.15) is 0 Å². The fraction of sp³-hybridized carbons (Fsp3) is 0.0952. The first-order chi connectivity index (χ1) is 11.6. The summed E-state index contributed by atoms with van der Waals surface area (Å²) in [4.78, 5) is 11.4. The van der Waals surface area contributed by atoms with Crippen LogP contribution in [0.5, 0.6) is 0 Å². The summed E-state index contributed by atoms with van der Waals surface area (Å²) in [6, 6.07) is 22.0. The van der Waals surface area contributed by atoms with Gasteiger partial charge >= 0.3 is 5.97 Å². The molecular weight excluding hydrogens is 298 g/mol. The van der Waals surface area contributed by atoms with Crippen LogP contribution < -0.4 is 0 Å². The van der Waals surface area contributed by atoms with Crippen molar-refractivity contribution in [3.63, 3.8) is 0 Å². The van der Waals surface area contributed by atoms with Crippen molar-refractivity contribution in [2.75, 3.05) is 0 Å². The molecule has 1 N–H and O–H groups in total. The summed E-state index contributed by atoms with van der Waals surface area (Å²) < 4.78 is 2.28. The standard InChI is InChI=1S/C21H17NO2/c1-14-11-16(21(23)24)12-18-17-9-5-6-10-19(17)22(20(14)18)13-15-7-3-2-4-8-15/h2-12H,13H2,1H3,(H,23,24). The van der Waals surface area contributed by atoms with Crippen molar-refractivity contribution in [3.05, 3.63) is 83.4 Å². The van der Waals surface area contributed by atoms with Gasteiger partial charge in [-0.05, 0) is 36.2 Å². The average Bonchev–Trinajstić information content (AvgIpc) is 2.91. The number of fused-ring (bicyclic) bond motifs is 3. The highest BCUT2D eigenvalue weighted by atomic mass is 16.4. The minimum absolute atomic E-state index is 0.336. The Labute approximate surface area is 139 Å². The molecule has 0 radical (unpaired) electrons. The normalized spacial score (nSPS) is 11.2. The van der Waals surface area contributed by atoms with Gasteiger partial charge in [0.25, 0.3) is 0 Å². The largest absolute Gasteiger partial charge is 0.478 e. The summed E-state index contributed by atoms with van der Waals surface area (Å²) in [5.41, 5.74) is 4.77. The maximum absolute atomic E-state index is 11.4. The minimum Gasteiger partial charge on any atom is -0.478 e. The molecule has 0 amide bonds. The van der Waals surface area contributed by atoms with Crippen molar-refractivity contribution in [1.29, 1.82) is 0 Å². The molecule has 3 heteroatoms. The number of carbonyl (C=O) groups is 1. The molecule has 0 atom stereocenters. The van der Waals surface area contributed by atoms with Crippen LogP contribution in [0.1, 0.15) is 21.5 Å². The number of aromatic carboxylic acids is 1. The predicted molar refractivity (Wildman–Crippen MR) is 96.7 cm³/mol. The molecule has 3 nitrogen and oxygen atoms in total. The van der Waals surface area contributed by atoms with Gasteiger partial charge in [0.2, 0.25) is 0 Å². The lowest BCUT2D eigenvalue weighted by Gasteiger charge is -2.10. The van der Waals surface area contributed by atoms with Crippen LogP contribution in [0.2, 0.25) is 0 Å². The fourth-order valence-corrected chi connectivity index (χ4v) is 3.45. The van der Waals surface area contributed by atoms with Gasteiger partial charge in [-0.25, -0.2) is 4.79 Å². The van der Waals surface area contributed by atoms with Gasteiger partial charge in [0.05, 0.1) is 11.1 Å². The summed E-state index contributed by atoms with van der Waals surface area (Å²) in [7, 11) is 0. The van der Waals surface area contributed by atoms with Gasteiger partial charge in [-0.1, -0.05) is 48.5 Å². The molecule has 3 aromatic carbocycles. The number of benzene rings is 3. The lowest BCUT2D eigenvalue weighted by atomic mass is 10.1. The third-order valence-electron chi connectivity index (χ3n) is 4.49. The number of rotatable bonds is 3. The van der Waals surface area contributed by atoms with Crippen LogP contribution in [0, 0.1) is 6.92 Å². The van der Waals surface area contributed by atoms with E-state index >= 15 is 0 Å². The van der Waals surface area contributed by atoms with Crippen LogP contribution in [0.3, 0.4) is 0 Å². The van der Waals surface area contributed by atoms with E-state index in [1.165, 1.54) is 5.56 Å². The number of para-hydroxylation sites is 1. The number of nitrogens with zero attached hydrogens (tertiary/aromatic N) is 1. The van der Waals surface area contributed by atoms with Gasteiger partial charge in [-0.15, -0.1) is 0 Å². The molecule has 0 saturated carbocycles. The summed E-state index contributed by atoms with van der Waals surface area (Å²) in [5, 5.41) is 11.5. The molecule has 0 aliphatic carbocycles. The van der Waals surface area contributed by atoms with Crippen LogP contribution in [0.4, 0.5) is 0 Å². The molecule has 0 unspecified atom stereocenters. The van der Waals surface area contributed by atoms with Gasteiger partial charge in [0.15, 0.2) is 0 Å².